The summed E-state index contributed by atoms with van der Waals surface area (Å²) < 4.78 is 18.5. The topological polar surface area (TPSA) is 21.3 Å². The lowest BCUT2D eigenvalue weighted by molar-refractivity contribution is 0.206. The smallest absolute Gasteiger partial charge is 0.145 e. The highest BCUT2D eigenvalue weighted by Crippen LogP contribution is 2.34. The fourth-order valence-electron chi connectivity index (χ4n) is 1.60. The minimum absolute atomic E-state index is 0.131. The molecule has 0 radical (unpaired) electrons. The average Bonchev–Trinajstić information content (AvgIpc) is 2.15. The Kier molecular flexibility index (Phi) is 2.33. The van der Waals surface area contributed by atoms with Gasteiger partial charge in [-0.1, -0.05) is 20.8 Å². The highest BCUT2D eigenvalue weighted by atomic mass is 19.1. The number of anilines is 1. The van der Waals surface area contributed by atoms with E-state index in [9.17, 15) is 4.39 Å². The number of benzene rings is 1. The summed E-state index contributed by atoms with van der Waals surface area (Å²) >= 11 is 0. The Bertz CT molecular complexity index is 370. The van der Waals surface area contributed by atoms with Gasteiger partial charge in [0.05, 0.1) is 11.7 Å². The van der Waals surface area contributed by atoms with Crippen LogP contribution in [-0.2, 0) is 0 Å². The highest BCUT2D eigenvalue weighted by molar-refractivity contribution is 5.58. The van der Waals surface area contributed by atoms with Gasteiger partial charge in [-0.2, -0.15) is 0 Å². The lowest BCUT2D eigenvalue weighted by Crippen LogP contribution is -2.41. The maximum absolute atomic E-state index is 12.9. The van der Waals surface area contributed by atoms with Crippen LogP contribution in [0.25, 0.3) is 0 Å². The van der Waals surface area contributed by atoms with E-state index in [1.807, 2.05) is 0 Å². The molecule has 2 nitrogen and oxygen atoms in total. The van der Waals surface area contributed by atoms with Crippen LogP contribution in [0.5, 0.6) is 5.75 Å². The molecule has 82 valence electrons. The Morgan fingerprint density at radius 3 is 2.80 bits per heavy atom. The van der Waals surface area contributed by atoms with Crippen LogP contribution in [0, 0.1) is 11.2 Å². The van der Waals surface area contributed by atoms with Crippen molar-refractivity contribution in [2.45, 2.75) is 26.8 Å². The van der Waals surface area contributed by atoms with Gasteiger partial charge in [0.25, 0.3) is 0 Å². The molecule has 0 aromatic heterocycles. The second kappa shape index (κ2) is 3.40. The molecule has 0 saturated carbocycles. The second-order valence-corrected chi connectivity index (χ2v) is 5.01. The van der Waals surface area contributed by atoms with Crippen LogP contribution < -0.4 is 10.1 Å². The van der Waals surface area contributed by atoms with Gasteiger partial charge >= 0.3 is 0 Å². The van der Waals surface area contributed by atoms with Gasteiger partial charge in [-0.05, 0) is 17.5 Å². The molecule has 0 bridgehead atoms. The first-order valence-electron chi connectivity index (χ1n) is 5.16. The molecule has 1 aliphatic rings. The van der Waals surface area contributed by atoms with Crippen LogP contribution in [0.3, 0.4) is 0 Å². The zero-order valence-corrected chi connectivity index (χ0v) is 9.30. The van der Waals surface area contributed by atoms with Crippen LogP contribution in [-0.4, -0.2) is 12.6 Å². The van der Waals surface area contributed by atoms with Crippen molar-refractivity contribution in [3.63, 3.8) is 0 Å². The van der Waals surface area contributed by atoms with Gasteiger partial charge in [-0.3, -0.25) is 0 Å². The van der Waals surface area contributed by atoms with Gasteiger partial charge in [0.15, 0.2) is 0 Å². The van der Waals surface area contributed by atoms with Gasteiger partial charge in [0, 0.05) is 6.07 Å². The summed E-state index contributed by atoms with van der Waals surface area (Å²) in [6.07, 6.45) is 0. The van der Waals surface area contributed by atoms with E-state index < -0.39 is 0 Å². The number of halogens is 1. The maximum Gasteiger partial charge on any atom is 0.145 e. The van der Waals surface area contributed by atoms with Crippen LogP contribution in [0.4, 0.5) is 10.1 Å². The number of ether oxygens (including phenoxy) is 1. The molecule has 2 rings (SSSR count). The number of nitrogens with one attached hydrogen (secondary N) is 1. The Hall–Kier alpha value is -1.25. The van der Waals surface area contributed by atoms with Crippen LogP contribution >= 0.6 is 0 Å². The third-order valence-corrected chi connectivity index (χ3v) is 2.72. The summed E-state index contributed by atoms with van der Waals surface area (Å²) in [7, 11) is 0. The molecule has 0 saturated heterocycles. The third kappa shape index (κ3) is 2.06. The molecule has 1 N–H and O–H groups in total. The first kappa shape index (κ1) is 10.3. The van der Waals surface area contributed by atoms with E-state index >= 15 is 0 Å². The fraction of sp³-hybridized carbons (Fsp3) is 0.500. The maximum atomic E-state index is 12.9. The van der Waals surface area contributed by atoms with Gasteiger partial charge in [0.2, 0.25) is 0 Å². The van der Waals surface area contributed by atoms with Crippen molar-refractivity contribution >= 4 is 5.69 Å². The van der Waals surface area contributed by atoms with Gasteiger partial charge in [-0.15, -0.1) is 0 Å². The van der Waals surface area contributed by atoms with E-state index in [1.165, 1.54) is 12.1 Å². The Labute approximate surface area is 89.4 Å². The van der Waals surface area contributed by atoms with Crippen LogP contribution in [0.2, 0.25) is 0 Å². The molecule has 1 atom stereocenters. The van der Waals surface area contributed by atoms with E-state index in [1.54, 1.807) is 6.07 Å². The molecule has 1 heterocycles. The minimum atomic E-state index is -0.259. The molecule has 0 amide bonds. The SMILES string of the molecule is CC(C)(C)C1COc2cc(F)ccc2N1. The molecule has 1 aromatic carbocycles. The van der Waals surface area contributed by atoms with E-state index in [0.717, 1.165) is 5.69 Å². The summed E-state index contributed by atoms with van der Waals surface area (Å²) in [4.78, 5) is 0. The van der Waals surface area contributed by atoms with Crippen molar-refractivity contribution in [1.29, 1.82) is 0 Å². The van der Waals surface area contributed by atoms with Crippen molar-refractivity contribution < 1.29 is 9.13 Å². The molecule has 0 aliphatic carbocycles. The molecule has 0 fully saturated rings. The number of hydrogen-bond donors (Lipinski definition) is 1. The predicted molar refractivity (Wildman–Crippen MR) is 58.8 cm³/mol. The molecule has 1 unspecified atom stereocenters. The van der Waals surface area contributed by atoms with Crippen LogP contribution in [0.15, 0.2) is 18.2 Å². The number of hydrogen-bond acceptors (Lipinski definition) is 2. The third-order valence-electron chi connectivity index (χ3n) is 2.72. The summed E-state index contributed by atoms with van der Waals surface area (Å²) in [5.41, 5.74) is 1.01. The minimum Gasteiger partial charge on any atom is -0.489 e. The molecule has 1 aromatic rings. The first-order chi connectivity index (χ1) is 6.97. The van der Waals surface area contributed by atoms with E-state index in [-0.39, 0.29) is 17.3 Å². The Morgan fingerprint density at radius 2 is 2.13 bits per heavy atom. The molecule has 3 heteroatoms. The standard InChI is InChI=1S/C12H16FNO/c1-12(2,3)11-7-15-10-6-8(13)4-5-9(10)14-11/h4-6,11,14H,7H2,1-3H3. The molecule has 0 spiro atoms. The summed E-state index contributed by atoms with van der Waals surface area (Å²) in [5.74, 6) is 0.347. The lowest BCUT2D eigenvalue weighted by atomic mass is 9.86. The van der Waals surface area contributed by atoms with Crippen molar-refractivity contribution in [3.05, 3.63) is 24.0 Å². The molecular weight excluding hydrogens is 193 g/mol. The Balaban J connectivity index is 2.24. The zero-order chi connectivity index (χ0) is 11.1. The van der Waals surface area contributed by atoms with Crippen molar-refractivity contribution in [3.8, 4) is 5.75 Å². The van der Waals surface area contributed by atoms with Crippen molar-refractivity contribution in [2.24, 2.45) is 5.41 Å². The number of fused-ring (bicyclic) bond motifs is 1. The van der Waals surface area contributed by atoms with E-state index in [2.05, 4.69) is 26.1 Å². The second-order valence-electron chi connectivity index (χ2n) is 5.01. The zero-order valence-electron chi connectivity index (χ0n) is 9.30. The molecule has 1 aliphatic heterocycles. The van der Waals surface area contributed by atoms with Crippen LogP contribution in [0.1, 0.15) is 20.8 Å². The molecular formula is C12H16FNO. The van der Waals surface area contributed by atoms with E-state index in [4.69, 9.17) is 4.74 Å². The first-order valence-corrected chi connectivity index (χ1v) is 5.16. The molecule has 15 heavy (non-hydrogen) atoms. The van der Waals surface area contributed by atoms with Gasteiger partial charge in [0.1, 0.15) is 18.2 Å². The largest absolute Gasteiger partial charge is 0.489 e. The fourth-order valence-corrected chi connectivity index (χ4v) is 1.60. The quantitative estimate of drug-likeness (QED) is 0.709. The normalized spacial score (nSPS) is 20.1. The summed E-state index contributed by atoms with van der Waals surface area (Å²) in [5, 5.41) is 3.37. The number of rotatable bonds is 0. The van der Waals surface area contributed by atoms with Crippen molar-refractivity contribution in [2.75, 3.05) is 11.9 Å². The summed E-state index contributed by atoms with van der Waals surface area (Å²) in [6.45, 7) is 7.05. The van der Waals surface area contributed by atoms with Gasteiger partial charge in [-0.25, -0.2) is 4.39 Å². The highest BCUT2D eigenvalue weighted by Gasteiger charge is 2.29. The van der Waals surface area contributed by atoms with Gasteiger partial charge < -0.3 is 10.1 Å². The van der Waals surface area contributed by atoms with E-state index in [0.29, 0.717) is 12.4 Å². The average molecular weight is 209 g/mol. The lowest BCUT2D eigenvalue weighted by Gasteiger charge is -2.36. The van der Waals surface area contributed by atoms with Crippen molar-refractivity contribution in [1.82, 2.24) is 0 Å². The predicted octanol–water partition coefficient (Wildman–Crippen LogP) is 3.04. The Morgan fingerprint density at radius 1 is 1.40 bits per heavy atom. The summed E-state index contributed by atoms with van der Waals surface area (Å²) in [6, 6.07) is 4.85. The monoisotopic (exact) mass is 209 g/mol.